The first-order valence-corrected chi connectivity index (χ1v) is 12.3. The number of nitrogens with zero attached hydrogens (tertiary/aromatic N) is 2. The predicted octanol–water partition coefficient (Wildman–Crippen LogP) is 4.92. The Morgan fingerprint density at radius 1 is 1.03 bits per heavy atom. The quantitative estimate of drug-likeness (QED) is 0.429. The van der Waals surface area contributed by atoms with E-state index < -0.39 is 16.7 Å². The van der Waals surface area contributed by atoms with E-state index in [9.17, 15) is 14.3 Å². The van der Waals surface area contributed by atoms with E-state index >= 15 is 0 Å². The Kier molecular flexibility index (Phi) is 6.62. The Labute approximate surface area is 195 Å². The molecule has 2 atom stereocenters. The summed E-state index contributed by atoms with van der Waals surface area (Å²) in [5.74, 6) is -0.716. The summed E-state index contributed by atoms with van der Waals surface area (Å²) in [6, 6.07) is 27.2. The molecule has 0 fully saturated rings. The predicted molar refractivity (Wildman–Crippen MR) is 132 cm³/mol. The van der Waals surface area contributed by atoms with Gasteiger partial charge < -0.3 is 5.73 Å². The number of hydrogen-bond acceptors (Lipinski definition) is 4. The Hall–Kier alpha value is -3.82. The fourth-order valence-corrected chi connectivity index (χ4v) is 4.99. The third kappa shape index (κ3) is 4.55. The highest BCUT2D eigenvalue weighted by Gasteiger charge is 2.25. The Bertz CT molecular complexity index is 1380. The summed E-state index contributed by atoms with van der Waals surface area (Å²) < 4.78 is 12.3. The van der Waals surface area contributed by atoms with Gasteiger partial charge in [-0.1, -0.05) is 72.8 Å². The Morgan fingerprint density at radius 2 is 1.70 bits per heavy atom. The van der Waals surface area contributed by atoms with Crippen LogP contribution < -0.4 is 5.73 Å². The van der Waals surface area contributed by atoms with E-state index in [0.717, 1.165) is 16.7 Å². The standard InChI is InChI=1S/C27H23N3O2S/c1-33(32)17-22-25(27(29)31)24-21(20(15-16-28)18-9-4-2-5-10-18)13-8-14-23(24)30-26(22)19-11-6-3-7-12-19/h2-14,20H,15,17H2,1H3,(H2,29,31)/t20-,33?/m0/s1. The molecule has 0 bridgehead atoms. The van der Waals surface area contributed by atoms with Gasteiger partial charge in [-0.3, -0.25) is 9.00 Å². The number of benzene rings is 3. The molecule has 164 valence electrons. The van der Waals surface area contributed by atoms with Crippen LogP contribution in [-0.4, -0.2) is 21.4 Å². The lowest BCUT2D eigenvalue weighted by molar-refractivity contribution is 0.100. The fraction of sp³-hybridized carbons (Fsp3) is 0.148. The van der Waals surface area contributed by atoms with E-state index in [4.69, 9.17) is 10.7 Å². The van der Waals surface area contributed by atoms with E-state index in [1.54, 1.807) is 6.26 Å². The third-order valence-corrected chi connectivity index (χ3v) is 6.35. The smallest absolute Gasteiger partial charge is 0.249 e. The van der Waals surface area contributed by atoms with Crippen molar-refractivity contribution in [1.29, 1.82) is 5.26 Å². The van der Waals surface area contributed by atoms with Gasteiger partial charge in [-0.05, 0) is 17.2 Å². The normalized spacial score (nSPS) is 12.7. The van der Waals surface area contributed by atoms with Crippen molar-refractivity contribution < 1.29 is 9.00 Å². The summed E-state index contributed by atoms with van der Waals surface area (Å²) >= 11 is 0. The van der Waals surface area contributed by atoms with Crippen LogP contribution >= 0.6 is 0 Å². The minimum absolute atomic E-state index is 0.147. The molecule has 4 rings (SSSR count). The summed E-state index contributed by atoms with van der Waals surface area (Å²) in [7, 11) is -1.23. The Balaban J connectivity index is 2.11. The Morgan fingerprint density at radius 3 is 2.30 bits per heavy atom. The van der Waals surface area contributed by atoms with Gasteiger partial charge in [0.1, 0.15) is 0 Å². The number of primary amides is 1. The van der Waals surface area contributed by atoms with Crippen LogP contribution in [0.15, 0.2) is 78.9 Å². The number of fused-ring (bicyclic) bond motifs is 1. The van der Waals surface area contributed by atoms with Crippen molar-refractivity contribution in [1.82, 2.24) is 4.98 Å². The van der Waals surface area contributed by atoms with Crippen molar-refractivity contribution in [2.75, 3.05) is 6.26 Å². The van der Waals surface area contributed by atoms with Crippen LogP contribution in [0, 0.1) is 11.3 Å². The molecule has 0 radical (unpaired) electrons. The molecule has 0 saturated heterocycles. The van der Waals surface area contributed by atoms with Gasteiger partial charge >= 0.3 is 0 Å². The fourth-order valence-electron chi connectivity index (χ4n) is 4.31. The van der Waals surface area contributed by atoms with E-state index in [0.29, 0.717) is 27.7 Å². The minimum Gasteiger partial charge on any atom is -0.366 e. The van der Waals surface area contributed by atoms with Crippen LogP contribution in [0.25, 0.3) is 22.2 Å². The first-order chi connectivity index (χ1) is 16.0. The van der Waals surface area contributed by atoms with E-state index in [-0.39, 0.29) is 18.1 Å². The van der Waals surface area contributed by atoms with E-state index in [1.807, 2.05) is 78.9 Å². The molecule has 1 unspecified atom stereocenters. The number of nitrogens with two attached hydrogens (primary N) is 1. The minimum atomic E-state index is -1.23. The monoisotopic (exact) mass is 453 g/mol. The molecule has 0 aliphatic carbocycles. The molecule has 4 aromatic rings. The largest absolute Gasteiger partial charge is 0.366 e. The SMILES string of the molecule is CS(=O)Cc1c(-c2ccccc2)nc2cccc([C@@H](CC#N)c3ccccc3)c2c1C(N)=O. The van der Waals surface area contributed by atoms with Gasteiger partial charge in [0.15, 0.2) is 0 Å². The number of carbonyl (C=O) groups excluding carboxylic acids is 1. The van der Waals surface area contributed by atoms with Crippen molar-refractivity contribution in [3.05, 3.63) is 101 Å². The zero-order chi connectivity index (χ0) is 23.4. The second kappa shape index (κ2) is 9.76. The number of rotatable bonds is 7. The maximum atomic E-state index is 12.9. The molecule has 5 nitrogen and oxygen atoms in total. The molecular formula is C27H23N3O2S. The number of carbonyl (C=O) groups is 1. The number of hydrogen-bond donors (Lipinski definition) is 1. The average molecular weight is 454 g/mol. The summed E-state index contributed by atoms with van der Waals surface area (Å²) in [4.78, 5) is 17.8. The highest BCUT2D eigenvalue weighted by Crippen LogP contribution is 2.38. The number of pyridine rings is 1. The molecule has 1 amide bonds. The lowest BCUT2D eigenvalue weighted by Crippen LogP contribution is -2.18. The van der Waals surface area contributed by atoms with E-state index in [1.165, 1.54) is 0 Å². The van der Waals surface area contributed by atoms with Gasteiger partial charge in [0.05, 0.1) is 28.6 Å². The van der Waals surface area contributed by atoms with Gasteiger partial charge in [0.25, 0.3) is 0 Å². The highest BCUT2D eigenvalue weighted by molar-refractivity contribution is 7.83. The topological polar surface area (TPSA) is 96.8 Å². The molecule has 2 N–H and O–H groups in total. The van der Waals surface area contributed by atoms with Gasteiger partial charge in [-0.15, -0.1) is 0 Å². The second-order valence-electron chi connectivity index (χ2n) is 7.83. The maximum Gasteiger partial charge on any atom is 0.249 e. The van der Waals surface area contributed by atoms with Gasteiger partial charge in [0.2, 0.25) is 5.91 Å². The van der Waals surface area contributed by atoms with Gasteiger partial charge in [0, 0.05) is 45.9 Å². The lowest BCUT2D eigenvalue weighted by Gasteiger charge is -2.21. The number of amides is 1. The second-order valence-corrected chi connectivity index (χ2v) is 9.26. The van der Waals surface area contributed by atoms with Gasteiger partial charge in [-0.2, -0.15) is 5.26 Å². The zero-order valence-corrected chi connectivity index (χ0v) is 19.0. The van der Waals surface area contributed by atoms with Crippen LogP contribution in [-0.2, 0) is 16.6 Å². The van der Waals surface area contributed by atoms with Crippen molar-refractivity contribution >= 4 is 27.6 Å². The molecule has 1 aromatic heterocycles. The van der Waals surface area contributed by atoms with Gasteiger partial charge in [-0.25, -0.2) is 4.98 Å². The number of nitriles is 1. The van der Waals surface area contributed by atoms with Crippen molar-refractivity contribution in [2.24, 2.45) is 5.73 Å². The molecule has 0 saturated carbocycles. The molecule has 0 spiro atoms. The summed E-state index contributed by atoms with van der Waals surface area (Å²) in [6.45, 7) is 0. The first kappa shape index (κ1) is 22.4. The lowest BCUT2D eigenvalue weighted by atomic mass is 9.84. The molecule has 0 aliphatic heterocycles. The van der Waals surface area contributed by atoms with E-state index in [2.05, 4.69) is 6.07 Å². The highest BCUT2D eigenvalue weighted by atomic mass is 32.2. The summed E-state index contributed by atoms with van der Waals surface area (Å²) in [6.07, 6.45) is 1.83. The molecule has 3 aromatic carbocycles. The molecule has 33 heavy (non-hydrogen) atoms. The molecule has 6 heteroatoms. The van der Waals surface area contributed by atoms with Crippen LogP contribution in [0.1, 0.15) is 39.4 Å². The van der Waals surface area contributed by atoms with Crippen LogP contribution in [0.5, 0.6) is 0 Å². The average Bonchev–Trinajstić information content (AvgIpc) is 2.82. The molecule has 0 aliphatic rings. The zero-order valence-electron chi connectivity index (χ0n) is 18.2. The van der Waals surface area contributed by atoms with Crippen LogP contribution in [0.4, 0.5) is 0 Å². The molecule has 1 heterocycles. The van der Waals surface area contributed by atoms with Crippen molar-refractivity contribution in [3.8, 4) is 17.3 Å². The van der Waals surface area contributed by atoms with Crippen LogP contribution in [0.2, 0.25) is 0 Å². The van der Waals surface area contributed by atoms with Crippen molar-refractivity contribution in [2.45, 2.75) is 18.1 Å². The van der Waals surface area contributed by atoms with Crippen molar-refractivity contribution in [3.63, 3.8) is 0 Å². The third-order valence-electron chi connectivity index (χ3n) is 5.66. The molecular weight excluding hydrogens is 430 g/mol. The number of aromatic nitrogens is 1. The van der Waals surface area contributed by atoms with Crippen LogP contribution in [0.3, 0.4) is 0 Å². The first-order valence-electron chi connectivity index (χ1n) is 10.5. The maximum absolute atomic E-state index is 12.9. The summed E-state index contributed by atoms with van der Waals surface area (Å²) in [5, 5.41) is 10.2. The summed E-state index contributed by atoms with van der Waals surface area (Å²) in [5.41, 5.74) is 10.7.